The van der Waals surface area contributed by atoms with E-state index in [-0.39, 0.29) is 33.2 Å². The lowest BCUT2D eigenvalue weighted by Gasteiger charge is -2.14. The van der Waals surface area contributed by atoms with Crippen molar-refractivity contribution in [1.82, 2.24) is 4.98 Å². The summed E-state index contributed by atoms with van der Waals surface area (Å²) < 4.78 is 38.6. The van der Waals surface area contributed by atoms with Gasteiger partial charge in [0.15, 0.2) is 0 Å². The first-order chi connectivity index (χ1) is 9.74. The normalized spacial score (nSPS) is 11.4. The van der Waals surface area contributed by atoms with Gasteiger partial charge < -0.3 is 16.9 Å². The first kappa shape index (κ1) is 15.1. The highest BCUT2D eigenvalue weighted by Crippen LogP contribution is 2.37. The first-order valence-electron chi connectivity index (χ1n) is 5.66. The Morgan fingerprint density at radius 2 is 1.81 bits per heavy atom. The SMILES string of the molecule is N=Cc1c(N)cc(C(F)(F)F)cc1-c1ncc(Cl)cc1N. The van der Waals surface area contributed by atoms with Gasteiger partial charge in [-0.25, -0.2) is 0 Å². The van der Waals surface area contributed by atoms with Crippen molar-refractivity contribution >= 4 is 29.2 Å². The lowest BCUT2D eigenvalue weighted by atomic mass is 9.98. The van der Waals surface area contributed by atoms with Crippen LogP contribution in [0.4, 0.5) is 24.5 Å². The molecule has 0 radical (unpaired) electrons. The monoisotopic (exact) mass is 314 g/mol. The molecule has 0 bridgehead atoms. The van der Waals surface area contributed by atoms with Crippen LogP contribution in [-0.2, 0) is 6.18 Å². The second kappa shape index (κ2) is 5.25. The highest BCUT2D eigenvalue weighted by molar-refractivity contribution is 6.30. The van der Waals surface area contributed by atoms with Crippen LogP contribution in [0.5, 0.6) is 0 Å². The summed E-state index contributed by atoms with van der Waals surface area (Å²) in [7, 11) is 0. The summed E-state index contributed by atoms with van der Waals surface area (Å²) in [5.74, 6) is 0. The van der Waals surface area contributed by atoms with Crippen molar-refractivity contribution in [3.63, 3.8) is 0 Å². The number of nitrogen functional groups attached to an aromatic ring is 2. The molecule has 1 aromatic heterocycles. The van der Waals surface area contributed by atoms with E-state index in [0.29, 0.717) is 0 Å². The van der Waals surface area contributed by atoms with Crippen molar-refractivity contribution in [3.8, 4) is 11.3 Å². The van der Waals surface area contributed by atoms with E-state index in [4.69, 9.17) is 28.5 Å². The van der Waals surface area contributed by atoms with Crippen LogP contribution in [0.3, 0.4) is 0 Å². The molecule has 0 saturated carbocycles. The molecule has 2 aromatic rings. The third kappa shape index (κ3) is 2.92. The number of nitrogens with one attached hydrogen (secondary N) is 1. The van der Waals surface area contributed by atoms with Crippen LogP contribution in [0.25, 0.3) is 11.3 Å². The molecule has 21 heavy (non-hydrogen) atoms. The molecule has 0 saturated heterocycles. The standard InChI is InChI=1S/C13H10ClF3N4/c14-7-3-11(20)12(21-5-7)8-1-6(13(15,16)17)2-10(19)9(8)4-18/h1-5,18H,19-20H2. The van der Waals surface area contributed by atoms with Gasteiger partial charge in [-0.1, -0.05) is 11.6 Å². The van der Waals surface area contributed by atoms with E-state index in [1.807, 2.05) is 0 Å². The Bertz CT molecular complexity index is 713. The summed E-state index contributed by atoms with van der Waals surface area (Å²) >= 11 is 5.72. The molecule has 1 heterocycles. The zero-order chi connectivity index (χ0) is 15.8. The van der Waals surface area contributed by atoms with Crippen LogP contribution in [0.1, 0.15) is 11.1 Å². The van der Waals surface area contributed by atoms with Gasteiger partial charge in [-0.05, 0) is 18.2 Å². The summed E-state index contributed by atoms with van der Waals surface area (Å²) in [6.07, 6.45) is -2.44. The largest absolute Gasteiger partial charge is 0.416 e. The van der Waals surface area contributed by atoms with Gasteiger partial charge >= 0.3 is 6.18 Å². The molecule has 2 rings (SSSR count). The summed E-state index contributed by atoms with van der Waals surface area (Å²) in [4.78, 5) is 3.94. The molecule has 110 valence electrons. The van der Waals surface area contributed by atoms with Gasteiger partial charge in [-0.15, -0.1) is 0 Å². The topological polar surface area (TPSA) is 88.8 Å². The van der Waals surface area contributed by atoms with Crippen molar-refractivity contribution in [2.45, 2.75) is 6.18 Å². The third-order valence-electron chi connectivity index (χ3n) is 2.82. The number of hydrogen-bond donors (Lipinski definition) is 3. The minimum Gasteiger partial charge on any atom is -0.398 e. The smallest absolute Gasteiger partial charge is 0.398 e. The predicted octanol–water partition coefficient (Wildman–Crippen LogP) is 3.58. The Morgan fingerprint density at radius 3 is 2.33 bits per heavy atom. The van der Waals surface area contributed by atoms with Gasteiger partial charge in [0.1, 0.15) is 0 Å². The summed E-state index contributed by atoms with van der Waals surface area (Å²) in [6.45, 7) is 0. The third-order valence-corrected chi connectivity index (χ3v) is 3.03. The van der Waals surface area contributed by atoms with Crippen molar-refractivity contribution < 1.29 is 13.2 Å². The van der Waals surface area contributed by atoms with Crippen molar-refractivity contribution in [2.75, 3.05) is 11.5 Å². The van der Waals surface area contributed by atoms with Crippen LogP contribution in [0.2, 0.25) is 5.02 Å². The van der Waals surface area contributed by atoms with Gasteiger partial charge in [-0.2, -0.15) is 13.2 Å². The number of aromatic nitrogens is 1. The average Bonchev–Trinajstić information content (AvgIpc) is 2.36. The molecular weight excluding hydrogens is 305 g/mol. The zero-order valence-corrected chi connectivity index (χ0v) is 11.3. The molecule has 0 atom stereocenters. The van der Waals surface area contributed by atoms with Crippen LogP contribution in [0.15, 0.2) is 24.4 Å². The fourth-order valence-corrected chi connectivity index (χ4v) is 2.04. The first-order valence-corrected chi connectivity index (χ1v) is 6.04. The lowest BCUT2D eigenvalue weighted by molar-refractivity contribution is -0.137. The van der Waals surface area contributed by atoms with Gasteiger partial charge in [0.25, 0.3) is 0 Å². The minimum atomic E-state index is -4.56. The number of benzene rings is 1. The number of alkyl halides is 3. The fourth-order valence-electron chi connectivity index (χ4n) is 1.88. The molecule has 0 aliphatic heterocycles. The molecule has 0 aliphatic carbocycles. The zero-order valence-electron chi connectivity index (χ0n) is 10.5. The van der Waals surface area contributed by atoms with Gasteiger partial charge in [-0.3, -0.25) is 4.98 Å². The average molecular weight is 315 g/mol. The molecule has 5 N–H and O–H groups in total. The number of nitrogens with zero attached hydrogens (tertiary/aromatic N) is 1. The van der Waals surface area contributed by atoms with Crippen LogP contribution < -0.4 is 11.5 Å². The Hall–Kier alpha value is -2.28. The molecule has 8 heteroatoms. The maximum absolute atomic E-state index is 12.9. The van der Waals surface area contributed by atoms with Crippen LogP contribution in [-0.4, -0.2) is 11.2 Å². The number of hydrogen-bond acceptors (Lipinski definition) is 4. The highest BCUT2D eigenvalue weighted by Gasteiger charge is 2.32. The Morgan fingerprint density at radius 1 is 1.14 bits per heavy atom. The summed E-state index contributed by atoms with van der Waals surface area (Å²) in [5, 5.41) is 7.59. The van der Waals surface area contributed by atoms with Gasteiger partial charge in [0.2, 0.25) is 0 Å². The lowest BCUT2D eigenvalue weighted by Crippen LogP contribution is -2.09. The predicted molar refractivity (Wildman–Crippen MR) is 76.4 cm³/mol. The van der Waals surface area contributed by atoms with E-state index < -0.39 is 11.7 Å². The highest BCUT2D eigenvalue weighted by atomic mass is 35.5. The minimum absolute atomic E-state index is 0.0338. The molecule has 0 fully saturated rings. The molecule has 4 nitrogen and oxygen atoms in total. The van der Waals surface area contributed by atoms with E-state index in [9.17, 15) is 13.2 Å². The van der Waals surface area contributed by atoms with E-state index >= 15 is 0 Å². The van der Waals surface area contributed by atoms with Crippen LogP contribution >= 0.6 is 11.6 Å². The number of pyridine rings is 1. The Labute approximate surface area is 123 Å². The second-order valence-corrected chi connectivity index (χ2v) is 4.70. The van der Waals surface area contributed by atoms with E-state index in [1.54, 1.807) is 0 Å². The van der Waals surface area contributed by atoms with Crippen molar-refractivity contribution in [2.24, 2.45) is 0 Å². The molecule has 0 unspecified atom stereocenters. The van der Waals surface area contributed by atoms with Crippen LogP contribution in [0, 0.1) is 5.41 Å². The summed E-state index contributed by atoms with van der Waals surface area (Å²) in [6, 6.07) is 3.01. The quantitative estimate of drug-likeness (QED) is 0.584. The van der Waals surface area contributed by atoms with Gasteiger partial charge in [0, 0.05) is 29.2 Å². The number of rotatable bonds is 2. The fraction of sp³-hybridized carbons (Fsp3) is 0.0769. The molecule has 0 aliphatic rings. The van der Waals surface area contributed by atoms with Crippen molar-refractivity contribution in [3.05, 3.63) is 40.5 Å². The van der Waals surface area contributed by atoms with E-state index in [2.05, 4.69) is 4.98 Å². The maximum atomic E-state index is 12.9. The van der Waals surface area contributed by atoms with Crippen molar-refractivity contribution in [1.29, 1.82) is 5.41 Å². The Kier molecular flexibility index (Phi) is 3.78. The number of nitrogens with two attached hydrogens (primary N) is 2. The molecule has 1 aromatic carbocycles. The van der Waals surface area contributed by atoms with E-state index in [1.165, 1.54) is 12.3 Å². The van der Waals surface area contributed by atoms with Gasteiger partial charge in [0.05, 0.1) is 22.0 Å². The second-order valence-electron chi connectivity index (χ2n) is 4.26. The summed E-state index contributed by atoms with van der Waals surface area (Å²) in [5.41, 5.74) is 10.6. The molecule has 0 spiro atoms. The van der Waals surface area contributed by atoms with E-state index in [0.717, 1.165) is 18.3 Å². The number of anilines is 2. The Balaban J connectivity index is 2.77. The molecular formula is C13H10ClF3N4. The molecule has 0 amide bonds. The maximum Gasteiger partial charge on any atom is 0.416 e. The number of halogens is 4.